The van der Waals surface area contributed by atoms with Crippen molar-refractivity contribution in [1.29, 1.82) is 0 Å². The molecular weight excluding hydrogens is 250 g/mol. The summed E-state index contributed by atoms with van der Waals surface area (Å²) in [5, 5.41) is 0. The topological polar surface area (TPSA) is 72.3 Å². The molecule has 1 aliphatic rings. The zero-order chi connectivity index (χ0) is 14.6. The van der Waals surface area contributed by atoms with E-state index in [0.29, 0.717) is 12.6 Å². The molecule has 0 heterocycles. The molecule has 2 rings (SSSR count). The van der Waals surface area contributed by atoms with Crippen molar-refractivity contribution in [3.63, 3.8) is 0 Å². The lowest BCUT2D eigenvalue weighted by molar-refractivity contribution is -0.124. The molecule has 4 nitrogen and oxygen atoms in total. The third-order valence-electron chi connectivity index (χ3n) is 4.04. The van der Waals surface area contributed by atoms with Crippen LogP contribution in [0.2, 0.25) is 0 Å². The van der Waals surface area contributed by atoms with Gasteiger partial charge in [0.25, 0.3) is 0 Å². The number of carbonyl (C=O) groups is 1. The van der Waals surface area contributed by atoms with Crippen LogP contribution in [0.25, 0.3) is 0 Å². The van der Waals surface area contributed by atoms with Gasteiger partial charge in [-0.2, -0.15) is 0 Å². The maximum atomic E-state index is 11.9. The van der Waals surface area contributed by atoms with Crippen LogP contribution in [0.1, 0.15) is 38.2 Å². The number of hydrogen-bond donors (Lipinski definition) is 2. The van der Waals surface area contributed by atoms with E-state index in [2.05, 4.69) is 11.8 Å². The molecule has 0 aromatic heterocycles. The summed E-state index contributed by atoms with van der Waals surface area (Å²) in [7, 11) is 0. The van der Waals surface area contributed by atoms with E-state index in [-0.39, 0.29) is 0 Å². The van der Waals surface area contributed by atoms with E-state index in [4.69, 9.17) is 11.5 Å². The maximum Gasteiger partial charge on any atom is 0.243 e. The number of hydrogen-bond acceptors (Lipinski definition) is 3. The zero-order valence-electron chi connectivity index (χ0n) is 12.2. The minimum Gasteiger partial charge on any atom is -0.368 e. The van der Waals surface area contributed by atoms with Gasteiger partial charge in [0.05, 0.1) is 0 Å². The largest absolute Gasteiger partial charge is 0.368 e. The Morgan fingerprint density at radius 3 is 2.50 bits per heavy atom. The van der Waals surface area contributed by atoms with Gasteiger partial charge >= 0.3 is 0 Å². The van der Waals surface area contributed by atoms with Crippen LogP contribution in [0.4, 0.5) is 0 Å². The first-order valence-corrected chi connectivity index (χ1v) is 7.46. The minimum atomic E-state index is -1.10. The van der Waals surface area contributed by atoms with Crippen LogP contribution < -0.4 is 11.5 Å². The average molecular weight is 275 g/mol. The molecule has 1 aliphatic carbocycles. The van der Waals surface area contributed by atoms with Crippen molar-refractivity contribution < 1.29 is 4.79 Å². The van der Waals surface area contributed by atoms with Gasteiger partial charge in [0.2, 0.25) is 5.91 Å². The molecule has 0 aliphatic heterocycles. The van der Waals surface area contributed by atoms with Crippen molar-refractivity contribution in [2.45, 2.75) is 44.2 Å². The lowest BCUT2D eigenvalue weighted by Crippen LogP contribution is -2.56. The minimum absolute atomic E-state index is 0.453. The van der Waals surface area contributed by atoms with Gasteiger partial charge in [-0.15, -0.1) is 0 Å². The number of primary amides is 1. The fourth-order valence-electron chi connectivity index (χ4n) is 2.56. The van der Waals surface area contributed by atoms with Crippen LogP contribution >= 0.6 is 0 Å². The van der Waals surface area contributed by atoms with E-state index >= 15 is 0 Å². The maximum absolute atomic E-state index is 11.9. The van der Waals surface area contributed by atoms with Crippen LogP contribution in [0.3, 0.4) is 0 Å². The molecule has 4 N–H and O–H groups in total. The summed E-state index contributed by atoms with van der Waals surface area (Å²) < 4.78 is 0. The summed E-state index contributed by atoms with van der Waals surface area (Å²) in [6, 6.07) is 10.1. The molecule has 1 unspecified atom stereocenters. The van der Waals surface area contributed by atoms with E-state index in [9.17, 15) is 4.79 Å². The van der Waals surface area contributed by atoms with Crippen molar-refractivity contribution in [2.75, 3.05) is 13.1 Å². The fourth-order valence-corrected chi connectivity index (χ4v) is 2.56. The monoisotopic (exact) mass is 275 g/mol. The Morgan fingerprint density at radius 1 is 1.35 bits per heavy atom. The summed E-state index contributed by atoms with van der Waals surface area (Å²) in [6.07, 6.45) is 4.67. The van der Waals surface area contributed by atoms with Gasteiger partial charge in [-0.3, -0.25) is 9.69 Å². The number of amides is 1. The molecule has 20 heavy (non-hydrogen) atoms. The van der Waals surface area contributed by atoms with E-state index in [1.165, 1.54) is 12.8 Å². The smallest absolute Gasteiger partial charge is 0.243 e. The Hall–Kier alpha value is -1.39. The first kappa shape index (κ1) is 15.0. The van der Waals surface area contributed by atoms with Gasteiger partial charge in [-0.25, -0.2) is 0 Å². The molecule has 1 fully saturated rings. The summed E-state index contributed by atoms with van der Waals surface area (Å²) in [5.41, 5.74) is 11.7. The van der Waals surface area contributed by atoms with Crippen LogP contribution in [0, 0.1) is 0 Å². The van der Waals surface area contributed by atoms with E-state index in [0.717, 1.165) is 24.9 Å². The van der Waals surface area contributed by atoms with Gasteiger partial charge < -0.3 is 11.5 Å². The normalized spacial score (nSPS) is 17.9. The number of nitrogens with zero attached hydrogens (tertiary/aromatic N) is 1. The Balaban J connectivity index is 2.17. The predicted octanol–water partition coefficient (Wildman–Crippen LogP) is 1.59. The highest BCUT2D eigenvalue weighted by Gasteiger charge is 2.39. The van der Waals surface area contributed by atoms with E-state index in [1.807, 2.05) is 30.3 Å². The van der Waals surface area contributed by atoms with Crippen LogP contribution in [-0.2, 0) is 10.3 Å². The van der Waals surface area contributed by atoms with Crippen molar-refractivity contribution in [2.24, 2.45) is 11.5 Å². The third kappa shape index (κ3) is 3.38. The molecule has 1 aromatic carbocycles. The Bertz CT molecular complexity index is 444. The van der Waals surface area contributed by atoms with Crippen molar-refractivity contribution >= 4 is 5.91 Å². The van der Waals surface area contributed by atoms with Crippen molar-refractivity contribution in [1.82, 2.24) is 4.90 Å². The molecular formula is C16H25N3O. The first-order chi connectivity index (χ1) is 9.58. The van der Waals surface area contributed by atoms with E-state index in [1.54, 1.807) is 0 Å². The highest BCUT2D eigenvalue weighted by Crippen LogP contribution is 2.30. The first-order valence-electron chi connectivity index (χ1n) is 7.46. The summed E-state index contributed by atoms with van der Waals surface area (Å²) in [6.45, 7) is 3.67. The molecule has 110 valence electrons. The highest BCUT2D eigenvalue weighted by molar-refractivity contribution is 5.86. The van der Waals surface area contributed by atoms with Gasteiger partial charge in [0.15, 0.2) is 0 Å². The van der Waals surface area contributed by atoms with Gasteiger partial charge in [-0.05, 0) is 31.4 Å². The lowest BCUT2D eigenvalue weighted by atomic mass is 9.89. The summed E-state index contributed by atoms with van der Waals surface area (Å²) >= 11 is 0. The average Bonchev–Trinajstić information content (AvgIpc) is 3.28. The van der Waals surface area contributed by atoms with Crippen molar-refractivity contribution in [3.8, 4) is 0 Å². The van der Waals surface area contributed by atoms with Gasteiger partial charge in [-0.1, -0.05) is 43.7 Å². The quantitative estimate of drug-likeness (QED) is 0.756. The molecule has 0 radical (unpaired) electrons. The summed E-state index contributed by atoms with van der Waals surface area (Å²) in [5.74, 6) is -0.453. The van der Waals surface area contributed by atoms with Gasteiger partial charge in [0.1, 0.15) is 5.54 Å². The molecule has 4 heteroatoms. The molecule has 0 saturated heterocycles. The number of unbranched alkanes of at least 4 members (excludes halogenated alkanes) is 1. The SMILES string of the molecule is CCCCN(CC(N)(C(N)=O)c1ccccc1)C1CC1. The second-order valence-electron chi connectivity index (χ2n) is 5.76. The second kappa shape index (κ2) is 6.37. The Morgan fingerprint density at radius 2 is 2.00 bits per heavy atom. The molecule has 1 saturated carbocycles. The van der Waals surface area contributed by atoms with E-state index < -0.39 is 11.4 Å². The molecule has 1 aromatic rings. The van der Waals surface area contributed by atoms with Crippen LogP contribution in [-0.4, -0.2) is 29.9 Å². The standard InChI is InChI=1S/C16H25N3O/c1-2-3-11-19(14-9-10-14)12-16(18,15(17)20)13-7-5-4-6-8-13/h4-8,14H,2-3,9-12,18H2,1H3,(H2,17,20). The summed E-state index contributed by atoms with van der Waals surface area (Å²) in [4.78, 5) is 14.3. The molecule has 0 bridgehead atoms. The molecule has 1 amide bonds. The third-order valence-corrected chi connectivity index (χ3v) is 4.04. The lowest BCUT2D eigenvalue weighted by Gasteiger charge is -2.33. The van der Waals surface area contributed by atoms with Gasteiger partial charge in [0, 0.05) is 12.6 Å². The van der Waals surface area contributed by atoms with Crippen LogP contribution in [0.5, 0.6) is 0 Å². The molecule has 0 spiro atoms. The predicted molar refractivity (Wildman–Crippen MR) is 81.0 cm³/mol. The highest BCUT2D eigenvalue weighted by atomic mass is 16.1. The zero-order valence-corrected chi connectivity index (χ0v) is 12.2. The number of rotatable bonds is 8. The number of carbonyl (C=O) groups excluding carboxylic acids is 1. The Labute approximate surface area is 121 Å². The number of nitrogens with two attached hydrogens (primary N) is 2. The number of benzene rings is 1. The van der Waals surface area contributed by atoms with Crippen molar-refractivity contribution in [3.05, 3.63) is 35.9 Å². The Kier molecular flexibility index (Phi) is 4.78. The second-order valence-corrected chi connectivity index (χ2v) is 5.76. The van der Waals surface area contributed by atoms with Crippen LogP contribution in [0.15, 0.2) is 30.3 Å². The fraction of sp³-hybridized carbons (Fsp3) is 0.562. The molecule has 1 atom stereocenters.